The molecule has 0 bridgehead atoms. The van der Waals surface area contributed by atoms with Gasteiger partial charge in [-0.05, 0) is 39.8 Å². The first kappa shape index (κ1) is 14.2. The third-order valence-electron chi connectivity index (χ3n) is 3.71. The van der Waals surface area contributed by atoms with Crippen molar-refractivity contribution in [3.63, 3.8) is 0 Å². The van der Waals surface area contributed by atoms with Gasteiger partial charge in [0.2, 0.25) is 0 Å². The summed E-state index contributed by atoms with van der Waals surface area (Å²) in [5, 5.41) is 2.48. The van der Waals surface area contributed by atoms with Gasteiger partial charge < -0.3 is 5.73 Å². The second-order valence-electron chi connectivity index (χ2n) is 5.05. The summed E-state index contributed by atoms with van der Waals surface area (Å²) < 4.78 is 0. The third-order valence-corrected chi connectivity index (χ3v) is 4.60. The van der Waals surface area contributed by atoms with Crippen LogP contribution in [0.3, 0.4) is 0 Å². The maximum absolute atomic E-state index is 6.50. The van der Waals surface area contributed by atoms with E-state index < -0.39 is 0 Å². The molecular formula is C19H19NS. The van der Waals surface area contributed by atoms with Crippen molar-refractivity contribution < 1.29 is 0 Å². The van der Waals surface area contributed by atoms with Crippen molar-refractivity contribution in [2.75, 3.05) is 5.75 Å². The first-order chi connectivity index (χ1) is 10.3. The lowest BCUT2D eigenvalue weighted by atomic mass is 9.94. The van der Waals surface area contributed by atoms with Crippen molar-refractivity contribution >= 4 is 22.5 Å². The zero-order valence-corrected chi connectivity index (χ0v) is 12.9. The Balaban J connectivity index is 1.98. The van der Waals surface area contributed by atoms with Crippen LogP contribution in [-0.2, 0) is 0 Å². The van der Waals surface area contributed by atoms with Gasteiger partial charge in [0.15, 0.2) is 0 Å². The first-order valence-electron chi connectivity index (χ1n) is 7.25. The molecule has 3 aromatic rings. The first-order valence-corrected chi connectivity index (χ1v) is 8.24. The molecule has 0 saturated heterocycles. The molecule has 0 spiro atoms. The van der Waals surface area contributed by atoms with E-state index in [4.69, 9.17) is 5.73 Å². The molecule has 2 heteroatoms. The minimum absolute atomic E-state index is 0.0863. The Bertz CT molecular complexity index is 729. The highest BCUT2D eigenvalue weighted by molar-refractivity contribution is 7.99. The zero-order valence-electron chi connectivity index (χ0n) is 12.1. The molecule has 0 heterocycles. The molecule has 0 amide bonds. The second kappa shape index (κ2) is 6.33. The fourth-order valence-electron chi connectivity index (χ4n) is 2.64. The fourth-order valence-corrected chi connectivity index (χ4v) is 3.30. The highest BCUT2D eigenvalue weighted by Crippen LogP contribution is 2.28. The Labute approximate surface area is 130 Å². The van der Waals surface area contributed by atoms with E-state index in [9.17, 15) is 0 Å². The van der Waals surface area contributed by atoms with Gasteiger partial charge in [-0.15, -0.1) is 11.8 Å². The molecule has 0 aromatic heterocycles. The van der Waals surface area contributed by atoms with Crippen LogP contribution in [0.15, 0.2) is 71.6 Å². The van der Waals surface area contributed by atoms with Crippen LogP contribution in [-0.4, -0.2) is 5.75 Å². The number of thioether (sulfide) groups is 1. The van der Waals surface area contributed by atoms with Gasteiger partial charge in [0, 0.05) is 4.90 Å². The van der Waals surface area contributed by atoms with E-state index in [1.807, 2.05) is 11.8 Å². The normalized spacial score (nSPS) is 12.5. The summed E-state index contributed by atoms with van der Waals surface area (Å²) in [6.45, 7) is 2.17. The highest BCUT2D eigenvalue weighted by atomic mass is 32.2. The molecule has 0 fully saturated rings. The van der Waals surface area contributed by atoms with Crippen LogP contribution in [0, 0.1) is 0 Å². The summed E-state index contributed by atoms with van der Waals surface area (Å²) in [5.74, 6) is 1.09. The number of benzene rings is 3. The number of nitrogens with two attached hydrogens (primary N) is 1. The Morgan fingerprint density at radius 3 is 2.38 bits per heavy atom. The third kappa shape index (κ3) is 2.97. The van der Waals surface area contributed by atoms with Gasteiger partial charge in [-0.25, -0.2) is 0 Å². The predicted octanol–water partition coefficient (Wildman–Crippen LogP) is 5.00. The minimum atomic E-state index is -0.0863. The molecule has 1 nitrogen and oxygen atoms in total. The molecule has 3 aromatic carbocycles. The van der Waals surface area contributed by atoms with Crippen molar-refractivity contribution in [3.8, 4) is 0 Å². The molecule has 0 aliphatic rings. The van der Waals surface area contributed by atoms with Crippen molar-refractivity contribution in [2.45, 2.75) is 17.9 Å². The molecular weight excluding hydrogens is 274 g/mol. The summed E-state index contributed by atoms with van der Waals surface area (Å²) >= 11 is 1.85. The van der Waals surface area contributed by atoms with Crippen LogP contribution < -0.4 is 5.73 Å². The average Bonchev–Trinajstić information content (AvgIpc) is 2.55. The summed E-state index contributed by atoms with van der Waals surface area (Å²) in [6.07, 6.45) is 0. The van der Waals surface area contributed by atoms with Crippen LogP contribution in [0.4, 0.5) is 0 Å². The minimum Gasteiger partial charge on any atom is -0.320 e. The lowest BCUT2D eigenvalue weighted by Gasteiger charge is -2.15. The van der Waals surface area contributed by atoms with Gasteiger partial charge in [0.05, 0.1) is 6.04 Å². The topological polar surface area (TPSA) is 26.0 Å². The Morgan fingerprint density at radius 1 is 0.905 bits per heavy atom. The van der Waals surface area contributed by atoms with E-state index >= 15 is 0 Å². The molecule has 2 N–H and O–H groups in total. The smallest absolute Gasteiger partial charge is 0.0557 e. The Hall–Kier alpha value is -1.77. The van der Waals surface area contributed by atoms with Crippen LogP contribution >= 0.6 is 11.8 Å². The summed E-state index contributed by atoms with van der Waals surface area (Å²) in [7, 11) is 0. The van der Waals surface area contributed by atoms with Crippen LogP contribution in [0.25, 0.3) is 10.8 Å². The summed E-state index contributed by atoms with van der Waals surface area (Å²) in [4.78, 5) is 1.30. The lowest BCUT2D eigenvalue weighted by molar-refractivity contribution is 0.879. The molecule has 1 unspecified atom stereocenters. The molecule has 0 aliphatic carbocycles. The summed E-state index contributed by atoms with van der Waals surface area (Å²) in [6, 6.07) is 23.3. The van der Waals surface area contributed by atoms with E-state index in [1.165, 1.54) is 21.2 Å². The van der Waals surface area contributed by atoms with Crippen molar-refractivity contribution in [3.05, 3.63) is 77.9 Å². The van der Waals surface area contributed by atoms with E-state index in [1.54, 1.807) is 0 Å². The summed E-state index contributed by atoms with van der Waals surface area (Å²) in [5.41, 5.74) is 8.84. The Kier molecular flexibility index (Phi) is 4.28. The quantitative estimate of drug-likeness (QED) is 0.685. The number of fused-ring (bicyclic) bond motifs is 1. The van der Waals surface area contributed by atoms with Gasteiger partial charge in [-0.1, -0.05) is 61.5 Å². The standard InChI is InChI=1S/C19H19NS/c1-2-21-16-12-10-15(11-13-16)19(20)18-9-5-7-14-6-3-4-8-17(14)18/h3-13,19H,2,20H2,1H3. The van der Waals surface area contributed by atoms with E-state index in [-0.39, 0.29) is 6.04 Å². The molecule has 1 atom stereocenters. The molecule has 0 aliphatic heterocycles. The van der Waals surface area contributed by atoms with Crippen molar-refractivity contribution in [1.29, 1.82) is 0 Å². The molecule has 0 saturated carbocycles. The number of hydrogen-bond acceptors (Lipinski definition) is 2. The zero-order chi connectivity index (χ0) is 14.7. The number of rotatable bonds is 4. The maximum atomic E-state index is 6.50. The predicted molar refractivity (Wildman–Crippen MR) is 92.8 cm³/mol. The molecule has 106 valence electrons. The van der Waals surface area contributed by atoms with E-state index in [0.29, 0.717) is 0 Å². The highest BCUT2D eigenvalue weighted by Gasteiger charge is 2.11. The van der Waals surface area contributed by atoms with Gasteiger partial charge in [-0.2, -0.15) is 0 Å². The molecule has 3 rings (SSSR count). The SMILES string of the molecule is CCSc1ccc(C(N)c2cccc3ccccc23)cc1. The van der Waals surface area contributed by atoms with Crippen LogP contribution in [0.2, 0.25) is 0 Å². The van der Waals surface area contributed by atoms with Gasteiger partial charge >= 0.3 is 0 Å². The maximum Gasteiger partial charge on any atom is 0.0557 e. The van der Waals surface area contributed by atoms with Gasteiger partial charge in [0.25, 0.3) is 0 Å². The van der Waals surface area contributed by atoms with E-state index in [0.717, 1.165) is 11.3 Å². The van der Waals surface area contributed by atoms with Gasteiger partial charge in [0.1, 0.15) is 0 Å². The fraction of sp³-hybridized carbons (Fsp3) is 0.158. The van der Waals surface area contributed by atoms with Crippen molar-refractivity contribution in [2.24, 2.45) is 5.73 Å². The average molecular weight is 293 g/mol. The van der Waals surface area contributed by atoms with Crippen molar-refractivity contribution in [1.82, 2.24) is 0 Å². The molecule has 0 radical (unpaired) electrons. The Morgan fingerprint density at radius 2 is 1.62 bits per heavy atom. The van der Waals surface area contributed by atoms with Crippen LogP contribution in [0.1, 0.15) is 24.1 Å². The lowest BCUT2D eigenvalue weighted by Crippen LogP contribution is -2.12. The van der Waals surface area contributed by atoms with Gasteiger partial charge in [-0.3, -0.25) is 0 Å². The largest absolute Gasteiger partial charge is 0.320 e. The second-order valence-corrected chi connectivity index (χ2v) is 6.39. The monoisotopic (exact) mass is 293 g/mol. The molecule has 21 heavy (non-hydrogen) atoms. The van der Waals surface area contributed by atoms with E-state index in [2.05, 4.69) is 73.7 Å². The number of hydrogen-bond donors (Lipinski definition) is 1. The van der Waals surface area contributed by atoms with Crippen LogP contribution in [0.5, 0.6) is 0 Å².